The number of imidazole rings is 2. The molecule has 0 unspecified atom stereocenters. The van der Waals surface area contributed by atoms with Crippen LogP contribution < -0.4 is 0 Å². The summed E-state index contributed by atoms with van der Waals surface area (Å²) in [5.41, 5.74) is 7.09. The Morgan fingerprint density at radius 1 is 0.568 bits per heavy atom. The van der Waals surface area contributed by atoms with Gasteiger partial charge in [0.05, 0.1) is 38.0 Å². The lowest BCUT2D eigenvalue weighted by Crippen LogP contribution is -1.86. The van der Waals surface area contributed by atoms with E-state index in [0.29, 0.717) is 0 Å². The Hall–Kier alpha value is -3.78. The highest BCUT2D eigenvalue weighted by Crippen LogP contribution is 2.36. The third-order valence-electron chi connectivity index (χ3n) is 6.27. The van der Waals surface area contributed by atoms with Gasteiger partial charge in [-0.1, -0.05) is 108 Å². The Balaban J connectivity index is 0.000000125. The Morgan fingerprint density at radius 2 is 1.11 bits per heavy atom. The lowest BCUT2D eigenvalue weighted by molar-refractivity contribution is 1.29. The van der Waals surface area contributed by atoms with Crippen molar-refractivity contribution in [3.05, 3.63) is 120 Å². The molecule has 37 heavy (non-hydrogen) atoms. The highest BCUT2D eigenvalue weighted by Gasteiger charge is 2.16. The molecule has 0 atom stereocenters. The van der Waals surface area contributed by atoms with E-state index in [4.69, 9.17) is 0 Å². The van der Waals surface area contributed by atoms with Crippen LogP contribution in [0.4, 0.5) is 0 Å². The van der Waals surface area contributed by atoms with Crippen LogP contribution in [0.5, 0.6) is 0 Å². The van der Waals surface area contributed by atoms with Crippen LogP contribution >= 0.6 is 38.6 Å². The van der Waals surface area contributed by atoms with Gasteiger partial charge in [0.2, 0.25) is 0 Å². The molecule has 4 nitrogen and oxygen atoms in total. The Kier molecular flexibility index (Phi) is 5.61. The largest absolute Gasteiger partial charge is 0.283 e. The van der Waals surface area contributed by atoms with E-state index in [0.717, 1.165) is 25.9 Å². The summed E-state index contributed by atoms with van der Waals surface area (Å²) >= 11 is 7.03. The van der Waals surface area contributed by atoms with Gasteiger partial charge in [-0.2, -0.15) is 0 Å². The summed E-state index contributed by atoms with van der Waals surface area (Å²) in [6, 6.07) is 37.6. The van der Waals surface area contributed by atoms with Gasteiger partial charge in [0.25, 0.3) is 0 Å². The fourth-order valence-electron chi connectivity index (χ4n) is 4.62. The molecule has 8 rings (SSSR count). The van der Waals surface area contributed by atoms with E-state index in [1.165, 1.54) is 31.6 Å². The first-order chi connectivity index (χ1) is 18.3. The zero-order valence-electron chi connectivity index (χ0n) is 19.5. The van der Waals surface area contributed by atoms with E-state index < -0.39 is 0 Å². The summed E-state index contributed by atoms with van der Waals surface area (Å²) in [6.45, 7) is 0. The SMILES string of the molecule is Brc1nc2sc3ccccc3n2c1-c1ccccc1.c1ccc(-c2cnc3sc4ccccc4n23)cc1. The standard InChI is InChI=1S/C15H9BrN2S.C15H10N2S/c16-14-13(10-6-2-1-3-7-10)18-11-8-4-5-9-12(11)19-15(18)17-14;1-2-6-11(7-3-1)13-10-16-15-17(13)12-8-4-5-9-14(12)18-15/h1-9H;1-10H. The van der Waals surface area contributed by atoms with Crippen molar-refractivity contribution in [3.63, 3.8) is 0 Å². The molecule has 0 aliphatic rings. The van der Waals surface area contributed by atoms with Gasteiger partial charge in [0, 0.05) is 11.1 Å². The molecule has 0 spiro atoms. The topological polar surface area (TPSA) is 34.6 Å². The van der Waals surface area contributed by atoms with Crippen molar-refractivity contribution >= 4 is 69.0 Å². The van der Waals surface area contributed by atoms with Crippen LogP contribution in [0.15, 0.2) is 120 Å². The summed E-state index contributed by atoms with van der Waals surface area (Å²) < 4.78 is 7.89. The molecule has 0 saturated carbocycles. The number of nitrogens with zero attached hydrogens (tertiary/aromatic N) is 4. The first-order valence-corrected chi connectivity index (χ1v) is 14.2. The van der Waals surface area contributed by atoms with Crippen molar-refractivity contribution in [2.24, 2.45) is 0 Å². The van der Waals surface area contributed by atoms with Crippen molar-refractivity contribution in [1.82, 2.24) is 18.8 Å². The van der Waals surface area contributed by atoms with Crippen LogP contribution in [-0.2, 0) is 0 Å². The molecule has 0 bridgehead atoms. The minimum Gasteiger partial charge on any atom is -0.283 e. The van der Waals surface area contributed by atoms with Gasteiger partial charge in [-0.05, 0) is 40.2 Å². The minimum atomic E-state index is 0.899. The molecular formula is C30H19BrN4S2. The number of hydrogen-bond acceptors (Lipinski definition) is 4. The number of rotatable bonds is 2. The Bertz CT molecular complexity index is 2000. The third-order valence-corrected chi connectivity index (χ3v) is 8.88. The molecule has 0 saturated heterocycles. The molecule has 8 aromatic rings. The number of thiazole rings is 2. The van der Waals surface area contributed by atoms with Gasteiger partial charge in [0.1, 0.15) is 4.60 Å². The van der Waals surface area contributed by atoms with Gasteiger partial charge in [0.15, 0.2) is 9.92 Å². The first kappa shape index (κ1) is 22.4. The molecule has 0 aliphatic heterocycles. The Morgan fingerprint density at radius 3 is 1.78 bits per heavy atom. The maximum Gasteiger partial charge on any atom is 0.196 e. The van der Waals surface area contributed by atoms with Crippen molar-refractivity contribution in [3.8, 4) is 22.5 Å². The maximum absolute atomic E-state index is 4.62. The van der Waals surface area contributed by atoms with E-state index in [9.17, 15) is 0 Å². The molecule has 0 fully saturated rings. The fraction of sp³-hybridized carbons (Fsp3) is 0. The molecule has 4 aromatic heterocycles. The fourth-order valence-corrected chi connectivity index (χ4v) is 7.33. The second kappa shape index (κ2) is 9.27. The van der Waals surface area contributed by atoms with Crippen LogP contribution in [0.25, 0.3) is 52.9 Å². The number of hydrogen-bond donors (Lipinski definition) is 0. The van der Waals surface area contributed by atoms with Gasteiger partial charge < -0.3 is 0 Å². The summed E-state index contributed by atoms with van der Waals surface area (Å²) in [7, 11) is 0. The predicted molar refractivity (Wildman–Crippen MR) is 160 cm³/mol. The van der Waals surface area contributed by atoms with Crippen molar-refractivity contribution in [2.75, 3.05) is 0 Å². The van der Waals surface area contributed by atoms with Gasteiger partial charge in [-0.15, -0.1) is 0 Å². The van der Waals surface area contributed by atoms with Crippen molar-refractivity contribution in [1.29, 1.82) is 0 Å². The number of para-hydroxylation sites is 2. The molecule has 4 aromatic carbocycles. The predicted octanol–water partition coefficient (Wildman–Crippen LogP) is 9.19. The summed E-state index contributed by atoms with van der Waals surface area (Å²) in [4.78, 5) is 11.2. The smallest absolute Gasteiger partial charge is 0.196 e. The lowest BCUT2D eigenvalue weighted by Gasteiger charge is -2.01. The summed E-state index contributed by atoms with van der Waals surface area (Å²) in [6.07, 6.45) is 1.95. The molecule has 0 N–H and O–H groups in total. The van der Waals surface area contributed by atoms with Crippen molar-refractivity contribution < 1.29 is 0 Å². The zero-order valence-corrected chi connectivity index (χ0v) is 22.7. The number of fused-ring (bicyclic) bond motifs is 6. The monoisotopic (exact) mass is 578 g/mol. The molecule has 4 heterocycles. The second-order valence-electron chi connectivity index (χ2n) is 8.50. The first-order valence-electron chi connectivity index (χ1n) is 11.8. The lowest BCUT2D eigenvalue weighted by atomic mass is 10.2. The maximum atomic E-state index is 4.62. The average Bonchev–Trinajstić information content (AvgIpc) is 3.69. The van der Waals surface area contributed by atoms with E-state index in [1.807, 2.05) is 18.3 Å². The second-order valence-corrected chi connectivity index (χ2v) is 11.3. The molecule has 0 aliphatic carbocycles. The van der Waals surface area contributed by atoms with Crippen LogP contribution in [-0.4, -0.2) is 18.8 Å². The third kappa shape index (κ3) is 3.87. The van der Waals surface area contributed by atoms with Gasteiger partial charge in [-0.3, -0.25) is 8.80 Å². The Labute approximate surface area is 229 Å². The molecule has 178 valence electrons. The highest BCUT2D eigenvalue weighted by atomic mass is 79.9. The van der Waals surface area contributed by atoms with Crippen LogP contribution in [0.2, 0.25) is 0 Å². The van der Waals surface area contributed by atoms with Gasteiger partial charge in [-0.25, -0.2) is 9.97 Å². The highest BCUT2D eigenvalue weighted by molar-refractivity contribution is 9.10. The van der Waals surface area contributed by atoms with Crippen molar-refractivity contribution in [2.45, 2.75) is 0 Å². The normalized spacial score (nSPS) is 11.4. The minimum absolute atomic E-state index is 0.899. The summed E-state index contributed by atoms with van der Waals surface area (Å²) in [5, 5.41) is 0. The van der Waals surface area contributed by atoms with Crippen LogP contribution in [0, 0.1) is 0 Å². The summed E-state index contributed by atoms with van der Waals surface area (Å²) in [5.74, 6) is 0. The number of benzene rings is 4. The molecular weight excluding hydrogens is 560 g/mol. The van der Waals surface area contributed by atoms with Crippen LogP contribution in [0.3, 0.4) is 0 Å². The number of aromatic nitrogens is 4. The van der Waals surface area contributed by atoms with E-state index in [2.05, 4.69) is 132 Å². The van der Waals surface area contributed by atoms with Gasteiger partial charge >= 0.3 is 0 Å². The average molecular weight is 580 g/mol. The quantitative estimate of drug-likeness (QED) is 0.205. The van der Waals surface area contributed by atoms with E-state index in [-0.39, 0.29) is 0 Å². The molecule has 0 amide bonds. The molecule has 0 radical (unpaired) electrons. The molecule has 7 heteroatoms. The van der Waals surface area contributed by atoms with Crippen LogP contribution in [0.1, 0.15) is 0 Å². The number of halogens is 1. The van der Waals surface area contributed by atoms with E-state index >= 15 is 0 Å². The zero-order chi connectivity index (χ0) is 24.8. The van der Waals surface area contributed by atoms with E-state index in [1.54, 1.807) is 22.7 Å².